The zero-order chi connectivity index (χ0) is 13.3. The molecule has 5 nitrogen and oxygen atoms in total. The Bertz CT molecular complexity index is 455. The molecule has 1 aliphatic rings. The number of aromatic nitrogens is 2. The lowest BCUT2D eigenvalue weighted by Crippen LogP contribution is -2.34. The summed E-state index contributed by atoms with van der Waals surface area (Å²) in [5.74, 6) is 0.876. The van der Waals surface area contributed by atoms with Crippen molar-refractivity contribution in [1.82, 2.24) is 9.97 Å². The molecule has 1 saturated heterocycles. The van der Waals surface area contributed by atoms with E-state index in [1.54, 1.807) is 0 Å². The third kappa shape index (κ3) is 2.17. The van der Waals surface area contributed by atoms with Crippen LogP contribution < -0.4 is 4.90 Å². The Morgan fingerprint density at radius 2 is 2.22 bits per heavy atom. The Hall–Kier alpha value is -1.65. The van der Waals surface area contributed by atoms with Crippen LogP contribution >= 0.6 is 0 Å². The molecule has 1 aromatic rings. The maximum Gasteiger partial charge on any atom is 0.311 e. The maximum absolute atomic E-state index is 11.4. The van der Waals surface area contributed by atoms with Crippen LogP contribution in [0, 0.1) is 19.3 Å². The van der Waals surface area contributed by atoms with Gasteiger partial charge >= 0.3 is 5.97 Å². The van der Waals surface area contributed by atoms with Gasteiger partial charge in [-0.25, -0.2) is 9.97 Å². The molecular weight excluding hydrogens is 230 g/mol. The lowest BCUT2D eigenvalue weighted by Gasteiger charge is -2.23. The summed E-state index contributed by atoms with van der Waals surface area (Å²) in [4.78, 5) is 22.1. The van der Waals surface area contributed by atoms with E-state index in [-0.39, 0.29) is 0 Å². The lowest BCUT2D eigenvalue weighted by molar-refractivity contribution is -0.147. The SMILES string of the molecule is CCC1(C(=O)O)CCN(c2cc(C)nc(C)n2)C1. The molecule has 0 aromatic carbocycles. The van der Waals surface area contributed by atoms with Gasteiger partial charge in [-0.05, 0) is 26.7 Å². The van der Waals surface area contributed by atoms with Crippen LogP contribution in [0.5, 0.6) is 0 Å². The summed E-state index contributed by atoms with van der Waals surface area (Å²) in [5.41, 5.74) is 0.300. The number of carbonyl (C=O) groups is 1. The first-order chi connectivity index (χ1) is 8.47. The Kier molecular flexibility index (Phi) is 3.24. The molecule has 1 unspecified atom stereocenters. The summed E-state index contributed by atoms with van der Waals surface area (Å²) in [6.45, 7) is 7.01. The number of carboxylic acids is 1. The fraction of sp³-hybridized carbons (Fsp3) is 0.615. The van der Waals surface area contributed by atoms with Gasteiger partial charge < -0.3 is 10.0 Å². The van der Waals surface area contributed by atoms with Gasteiger partial charge in [0.1, 0.15) is 11.6 Å². The van der Waals surface area contributed by atoms with Crippen LogP contribution in [0.4, 0.5) is 5.82 Å². The molecule has 0 aliphatic carbocycles. The summed E-state index contributed by atoms with van der Waals surface area (Å²) in [5, 5.41) is 9.38. The number of aryl methyl sites for hydroxylation is 2. The van der Waals surface area contributed by atoms with Gasteiger partial charge in [0.25, 0.3) is 0 Å². The molecule has 18 heavy (non-hydrogen) atoms. The quantitative estimate of drug-likeness (QED) is 0.884. The number of nitrogens with zero attached hydrogens (tertiary/aromatic N) is 3. The summed E-state index contributed by atoms with van der Waals surface area (Å²) >= 11 is 0. The Morgan fingerprint density at radius 1 is 1.50 bits per heavy atom. The van der Waals surface area contributed by atoms with Crippen molar-refractivity contribution in [3.63, 3.8) is 0 Å². The van der Waals surface area contributed by atoms with Gasteiger partial charge in [0.05, 0.1) is 5.41 Å². The largest absolute Gasteiger partial charge is 0.481 e. The maximum atomic E-state index is 11.4. The second-order valence-corrected chi connectivity index (χ2v) is 5.03. The number of hydrogen-bond donors (Lipinski definition) is 1. The molecular formula is C13H19N3O2. The van der Waals surface area contributed by atoms with E-state index in [4.69, 9.17) is 0 Å². The first-order valence-corrected chi connectivity index (χ1v) is 6.27. The fourth-order valence-corrected chi connectivity index (χ4v) is 2.54. The zero-order valence-corrected chi connectivity index (χ0v) is 11.1. The molecule has 0 amide bonds. The van der Waals surface area contributed by atoms with Crippen LogP contribution in [0.3, 0.4) is 0 Å². The van der Waals surface area contributed by atoms with Gasteiger partial charge in [-0.2, -0.15) is 0 Å². The first kappa shape index (κ1) is 12.8. The predicted octanol–water partition coefficient (Wildman–Crippen LogP) is 1.78. The zero-order valence-electron chi connectivity index (χ0n) is 11.1. The first-order valence-electron chi connectivity index (χ1n) is 6.27. The van der Waals surface area contributed by atoms with Gasteiger partial charge in [0.15, 0.2) is 0 Å². The molecule has 1 N–H and O–H groups in total. The van der Waals surface area contributed by atoms with E-state index >= 15 is 0 Å². The molecule has 0 spiro atoms. The topological polar surface area (TPSA) is 66.3 Å². The van der Waals surface area contributed by atoms with E-state index in [9.17, 15) is 9.90 Å². The van der Waals surface area contributed by atoms with Crippen molar-refractivity contribution in [3.8, 4) is 0 Å². The number of anilines is 1. The molecule has 0 saturated carbocycles. The minimum atomic E-state index is -0.699. The second-order valence-electron chi connectivity index (χ2n) is 5.03. The summed E-state index contributed by atoms with van der Waals surface area (Å²) in [6.07, 6.45) is 1.34. The molecule has 0 radical (unpaired) electrons. The van der Waals surface area contributed by atoms with Crippen molar-refractivity contribution in [1.29, 1.82) is 0 Å². The highest BCUT2D eigenvalue weighted by atomic mass is 16.4. The lowest BCUT2D eigenvalue weighted by atomic mass is 9.84. The van der Waals surface area contributed by atoms with E-state index in [0.717, 1.165) is 23.9 Å². The van der Waals surface area contributed by atoms with E-state index in [1.807, 2.05) is 26.8 Å². The summed E-state index contributed by atoms with van der Waals surface area (Å²) in [6, 6.07) is 1.92. The van der Waals surface area contributed by atoms with Gasteiger partial charge in [0, 0.05) is 24.8 Å². The molecule has 1 aromatic heterocycles. The molecule has 98 valence electrons. The average molecular weight is 249 g/mol. The second kappa shape index (κ2) is 4.55. The Balaban J connectivity index is 2.25. The predicted molar refractivity (Wildman–Crippen MR) is 68.7 cm³/mol. The van der Waals surface area contributed by atoms with Gasteiger partial charge in [-0.1, -0.05) is 6.92 Å². The third-order valence-corrected chi connectivity index (χ3v) is 3.76. The van der Waals surface area contributed by atoms with Crippen molar-refractivity contribution in [3.05, 3.63) is 17.6 Å². The van der Waals surface area contributed by atoms with Crippen molar-refractivity contribution >= 4 is 11.8 Å². The van der Waals surface area contributed by atoms with Crippen molar-refractivity contribution in [2.45, 2.75) is 33.6 Å². The van der Waals surface area contributed by atoms with Crippen molar-refractivity contribution in [2.75, 3.05) is 18.0 Å². The highest BCUT2D eigenvalue weighted by Gasteiger charge is 2.43. The van der Waals surface area contributed by atoms with E-state index < -0.39 is 11.4 Å². The number of hydrogen-bond acceptors (Lipinski definition) is 4. The van der Waals surface area contributed by atoms with Crippen LogP contribution in [0.2, 0.25) is 0 Å². The third-order valence-electron chi connectivity index (χ3n) is 3.76. The number of rotatable bonds is 3. The monoisotopic (exact) mass is 249 g/mol. The Labute approximate surface area is 107 Å². The van der Waals surface area contributed by atoms with Crippen molar-refractivity contribution < 1.29 is 9.90 Å². The van der Waals surface area contributed by atoms with Crippen LogP contribution in [0.15, 0.2) is 6.07 Å². The van der Waals surface area contributed by atoms with Gasteiger partial charge in [0.2, 0.25) is 0 Å². The molecule has 2 heterocycles. The van der Waals surface area contributed by atoms with E-state index in [2.05, 4.69) is 14.9 Å². The van der Waals surface area contributed by atoms with Crippen LogP contribution in [0.25, 0.3) is 0 Å². The van der Waals surface area contributed by atoms with Gasteiger partial charge in [-0.3, -0.25) is 4.79 Å². The molecule has 1 fully saturated rings. The minimum Gasteiger partial charge on any atom is -0.481 e. The molecule has 2 rings (SSSR count). The standard InChI is InChI=1S/C13H19N3O2/c1-4-13(12(17)18)5-6-16(8-13)11-7-9(2)14-10(3)15-11/h7H,4-6,8H2,1-3H3,(H,17,18). The summed E-state index contributed by atoms with van der Waals surface area (Å²) < 4.78 is 0. The van der Waals surface area contributed by atoms with Gasteiger partial charge in [-0.15, -0.1) is 0 Å². The number of carboxylic acid groups (broad SMARTS) is 1. The molecule has 5 heteroatoms. The highest BCUT2D eigenvalue weighted by Crippen LogP contribution is 2.36. The fourth-order valence-electron chi connectivity index (χ4n) is 2.54. The average Bonchev–Trinajstić information content (AvgIpc) is 2.73. The smallest absolute Gasteiger partial charge is 0.311 e. The van der Waals surface area contributed by atoms with E-state index in [0.29, 0.717) is 19.4 Å². The van der Waals surface area contributed by atoms with E-state index in [1.165, 1.54) is 0 Å². The summed E-state index contributed by atoms with van der Waals surface area (Å²) in [7, 11) is 0. The minimum absolute atomic E-state index is 0.536. The molecule has 0 bridgehead atoms. The Morgan fingerprint density at radius 3 is 2.72 bits per heavy atom. The van der Waals surface area contributed by atoms with Crippen LogP contribution in [-0.4, -0.2) is 34.1 Å². The van der Waals surface area contributed by atoms with Crippen LogP contribution in [-0.2, 0) is 4.79 Å². The number of aliphatic carboxylic acids is 1. The van der Waals surface area contributed by atoms with Crippen LogP contribution in [0.1, 0.15) is 31.3 Å². The molecule has 1 atom stereocenters. The normalized spacial score (nSPS) is 23.4. The highest BCUT2D eigenvalue weighted by molar-refractivity contribution is 5.76. The molecule has 1 aliphatic heterocycles. The van der Waals surface area contributed by atoms with Crippen molar-refractivity contribution in [2.24, 2.45) is 5.41 Å².